The van der Waals surface area contributed by atoms with Crippen LogP contribution in [0.1, 0.15) is 18.1 Å². The van der Waals surface area contributed by atoms with Gasteiger partial charge in [-0.1, -0.05) is 42.5 Å². The number of hydrogen-bond acceptors (Lipinski definition) is 3. The number of nitrogens with zero attached hydrogens (tertiary/aromatic N) is 2. The van der Waals surface area contributed by atoms with Crippen LogP contribution in [0.3, 0.4) is 0 Å². The Morgan fingerprint density at radius 1 is 1.16 bits per heavy atom. The third-order valence-corrected chi connectivity index (χ3v) is 4.25. The maximum Gasteiger partial charge on any atom is 0.260 e. The highest BCUT2D eigenvalue weighted by Crippen LogP contribution is 2.26. The molecule has 0 saturated carbocycles. The van der Waals surface area contributed by atoms with E-state index in [1.54, 1.807) is 20.2 Å². The van der Waals surface area contributed by atoms with Crippen molar-refractivity contribution in [2.75, 3.05) is 12.4 Å². The van der Waals surface area contributed by atoms with Gasteiger partial charge in [-0.2, -0.15) is 5.10 Å². The molecule has 128 valence electrons. The monoisotopic (exact) mass is 335 g/mol. The summed E-state index contributed by atoms with van der Waals surface area (Å²) >= 11 is 0. The third kappa shape index (κ3) is 3.78. The molecule has 0 radical (unpaired) electrons. The Bertz CT molecular complexity index is 831. The number of carbonyl (C=O) groups is 1. The summed E-state index contributed by atoms with van der Waals surface area (Å²) in [5, 5.41) is 7.16. The third-order valence-electron chi connectivity index (χ3n) is 4.25. The van der Waals surface area contributed by atoms with E-state index in [1.165, 1.54) is 0 Å². The number of ether oxygens (including phenoxy) is 1. The summed E-state index contributed by atoms with van der Waals surface area (Å²) in [5.41, 5.74) is 1.54. The molecule has 0 aliphatic rings. The first-order valence-corrected chi connectivity index (χ1v) is 8.10. The first kappa shape index (κ1) is 16.9. The maximum atomic E-state index is 12.8. The molecule has 0 aliphatic carbocycles. The van der Waals surface area contributed by atoms with Gasteiger partial charge in [-0.25, -0.2) is 0 Å². The number of rotatable bonds is 6. The minimum atomic E-state index is -1.06. The van der Waals surface area contributed by atoms with Gasteiger partial charge < -0.3 is 10.1 Å². The van der Waals surface area contributed by atoms with Crippen molar-refractivity contribution in [1.82, 2.24) is 9.78 Å². The van der Waals surface area contributed by atoms with Crippen LogP contribution in [-0.4, -0.2) is 22.8 Å². The molecule has 25 heavy (non-hydrogen) atoms. The molecule has 1 atom stereocenters. The van der Waals surface area contributed by atoms with Gasteiger partial charge in [0.1, 0.15) is 0 Å². The van der Waals surface area contributed by atoms with Crippen LogP contribution in [0.2, 0.25) is 0 Å². The minimum Gasteiger partial charge on any atom is -0.364 e. The molecule has 5 heteroatoms. The summed E-state index contributed by atoms with van der Waals surface area (Å²) in [4.78, 5) is 12.8. The molecule has 5 nitrogen and oxygen atoms in total. The van der Waals surface area contributed by atoms with Gasteiger partial charge in [0, 0.05) is 25.2 Å². The summed E-state index contributed by atoms with van der Waals surface area (Å²) in [6, 6.07) is 19.1. The average molecular weight is 335 g/mol. The molecule has 1 heterocycles. The van der Waals surface area contributed by atoms with Crippen LogP contribution >= 0.6 is 0 Å². The largest absolute Gasteiger partial charge is 0.364 e. The lowest BCUT2D eigenvalue weighted by atomic mass is 9.94. The van der Waals surface area contributed by atoms with Gasteiger partial charge in [0.15, 0.2) is 5.60 Å². The lowest BCUT2D eigenvalue weighted by Crippen LogP contribution is -2.39. The molecular weight excluding hydrogens is 314 g/mol. The standard InChI is InChI=1S/C20H21N3O2/c1-20(25-2,17-9-4-3-5-10-17)19(24)22-18-11-6-8-16(14-18)15-23-13-7-12-21-23/h3-14H,15H2,1-2H3,(H,22,24)/t20-/m0/s1. The topological polar surface area (TPSA) is 56.1 Å². The van der Waals surface area contributed by atoms with Crippen molar-refractivity contribution in [3.8, 4) is 0 Å². The molecule has 0 fully saturated rings. The van der Waals surface area contributed by atoms with Crippen LogP contribution in [0.25, 0.3) is 0 Å². The van der Waals surface area contributed by atoms with Crippen LogP contribution in [0, 0.1) is 0 Å². The summed E-state index contributed by atoms with van der Waals surface area (Å²) < 4.78 is 7.38. The number of benzene rings is 2. The SMILES string of the molecule is CO[C@](C)(C(=O)Nc1cccc(Cn2cccn2)c1)c1ccccc1. The van der Waals surface area contributed by atoms with E-state index in [1.807, 2.05) is 71.5 Å². The first-order chi connectivity index (χ1) is 12.1. The van der Waals surface area contributed by atoms with E-state index >= 15 is 0 Å². The Morgan fingerprint density at radius 2 is 1.96 bits per heavy atom. The van der Waals surface area contributed by atoms with E-state index < -0.39 is 5.60 Å². The number of hydrogen-bond donors (Lipinski definition) is 1. The molecular formula is C20H21N3O2. The fourth-order valence-electron chi connectivity index (χ4n) is 2.68. The van der Waals surface area contributed by atoms with Gasteiger partial charge in [0.25, 0.3) is 5.91 Å². The number of nitrogens with one attached hydrogen (secondary N) is 1. The highest BCUT2D eigenvalue weighted by molar-refractivity contribution is 5.97. The highest BCUT2D eigenvalue weighted by Gasteiger charge is 2.35. The second-order valence-corrected chi connectivity index (χ2v) is 5.96. The predicted molar refractivity (Wildman–Crippen MR) is 97.2 cm³/mol. The van der Waals surface area contributed by atoms with E-state index in [4.69, 9.17) is 4.74 Å². The van der Waals surface area contributed by atoms with Crippen LogP contribution in [0.15, 0.2) is 73.1 Å². The molecule has 0 spiro atoms. The lowest BCUT2D eigenvalue weighted by molar-refractivity contribution is -0.136. The molecule has 1 amide bonds. The normalized spacial score (nSPS) is 13.2. The second kappa shape index (κ2) is 7.32. The van der Waals surface area contributed by atoms with Crippen LogP contribution in [-0.2, 0) is 21.7 Å². The average Bonchev–Trinajstić information content (AvgIpc) is 3.15. The summed E-state index contributed by atoms with van der Waals surface area (Å²) in [6.07, 6.45) is 3.65. The molecule has 0 saturated heterocycles. The van der Waals surface area contributed by atoms with E-state index in [-0.39, 0.29) is 5.91 Å². The van der Waals surface area contributed by atoms with E-state index in [0.717, 1.165) is 16.8 Å². The lowest BCUT2D eigenvalue weighted by Gasteiger charge is -2.27. The Hall–Kier alpha value is -2.92. The molecule has 3 rings (SSSR count). The Balaban J connectivity index is 1.78. The Labute approximate surface area is 147 Å². The summed E-state index contributed by atoms with van der Waals surface area (Å²) in [6.45, 7) is 2.42. The van der Waals surface area contributed by atoms with Crippen molar-refractivity contribution in [3.63, 3.8) is 0 Å². The number of amides is 1. The molecule has 0 aliphatic heterocycles. The van der Waals surface area contributed by atoms with Gasteiger partial charge in [-0.3, -0.25) is 9.48 Å². The Morgan fingerprint density at radius 3 is 2.64 bits per heavy atom. The molecule has 1 aromatic heterocycles. The van der Waals surface area contributed by atoms with Crippen LogP contribution in [0.5, 0.6) is 0 Å². The van der Waals surface area contributed by atoms with Gasteiger partial charge in [-0.05, 0) is 36.2 Å². The molecule has 3 aromatic rings. The molecule has 1 N–H and O–H groups in total. The van der Waals surface area contributed by atoms with Crippen molar-refractivity contribution >= 4 is 11.6 Å². The maximum absolute atomic E-state index is 12.8. The zero-order valence-electron chi connectivity index (χ0n) is 14.3. The van der Waals surface area contributed by atoms with Gasteiger partial charge in [0.2, 0.25) is 0 Å². The number of anilines is 1. The van der Waals surface area contributed by atoms with Gasteiger partial charge >= 0.3 is 0 Å². The quantitative estimate of drug-likeness (QED) is 0.751. The van der Waals surface area contributed by atoms with E-state index in [9.17, 15) is 4.79 Å². The zero-order valence-corrected chi connectivity index (χ0v) is 14.3. The molecule has 0 unspecified atom stereocenters. The molecule has 0 bridgehead atoms. The van der Waals surface area contributed by atoms with Crippen molar-refractivity contribution < 1.29 is 9.53 Å². The van der Waals surface area contributed by atoms with Crippen LogP contribution < -0.4 is 5.32 Å². The minimum absolute atomic E-state index is 0.211. The number of methoxy groups -OCH3 is 1. The fourth-order valence-corrected chi connectivity index (χ4v) is 2.68. The predicted octanol–water partition coefficient (Wildman–Crippen LogP) is 3.43. The first-order valence-electron chi connectivity index (χ1n) is 8.10. The zero-order chi connectivity index (χ0) is 17.7. The van der Waals surface area contributed by atoms with Crippen molar-refractivity contribution in [2.45, 2.75) is 19.1 Å². The second-order valence-electron chi connectivity index (χ2n) is 5.96. The summed E-state index contributed by atoms with van der Waals surface area (Å²) in [7, 11) is 1.54. The number of aromatic nitrogens is 2. The van der Waals surface area contributed by atoms with Gasteiger partial charge in [0.05, 0.1) is 6.54 Å². The summed E-state index contributed by atoms with van der Waals surface area (Å²) in [5.74, 6) is -0.211. The van der Waals surface area contributed by atoms with Crippen molar-refractivity contribution in [3.05, 3.63) is 84.2 Å². The number of carbonyl (C=O) groups excluding carboxylic acids is 1. The van der Waals surface area contributed by atoms with Gasteiger partial charge in [-0.15, -0.1) is 0 Å². The molecule has 2 aromatic carbocycles. The van der Waals surface area contributed by atoms with Crippen molar-refractivity contribution in [2.24, 2.45) is 0 Å². The van der Waals surface area contributed by atoms with E-state index in [0.29, 0.717) is 6.54 Å². The van der Waals surface area contributed by atoms with Crippen molar-refractivity contribution in [1.29, 1.82) is 0 Å². The smallest absolute Gasteiger partial charge is 0.260 e. The Kier molecular flexibility index (Phi) is 4.95. The van der Waals surface area contributed by atoms with E-state index in [2.05, 4.69) is 10.4 Å². The fraction of sp³-hybridized carbons (Fsp3) is 0.200. The highest BCUT2D eigenvalue weighted by atomic mass is 16.5. The van der Waals surface area contributed by atoms with Crippen LogP contribution in [0.4, 0.5) is 5.69 Å².